The van der Waals surface area contributed by atoms with Crippen molar-refractivity contribution < 1.29 is 33.6 Å². The van der Waals surface area contributed by atoms with Crippen molar-refractivity contribution in [3.8, 4) is 5.75 Å². The number of nitrogens with one attached hydrogen (secondary N) is 1. The van der Waals surface area contributed by atoms with E-state index in [0.717, 1.165) is 54.7 Å². The molecule has 0 unspecified atom stereocenters. The number of ether oxygens (including phenoxy) is 5. The third kappa shape index (κ3) is 3.55. The van der Waals surface area contributed by atoms with E-state index in [0.29, 0.717) is 31.4 Å². The minimum atomic E-state index is -0.798. The summed E-state index contributed by atoms with van der Waals surface area (Å²) in [5.41, 5.74) is 2.05. The van der Waals surface area contributed by atoms with Crippen LogP contribution in [-0.4, -0.2) is 75.4 Å². The van der Waals surface area contributed by atoms with Gasteiger partial charge >= 0.3 is 0 Å². The molecule has 2 N–H and O–H groups in total. The molecule has 0 aliphatic carbocycles. The normalized spacial score (nSPS) is 34.1. The van der Waals surface area contributed by atoms with Crippen molar-refractivity contribution in [2.75, 3.05) is 52.4 Å². The van der Waals surface area contributed by atoms with Gasteiger partial charge in [-0.3, -0.25) is 9.69 Å². The quantitative estimate of drug-likeness (QED) is 0.422. The predicted molar refractivity (Wildman–Crippen MR) is 128 cm³/mol. The summed E-state index contributed by atoms with van der Waals surface area (Å²) in [5.74, 6) is 1.23. The van der Waals surface area contributed by atoms with Gasteiger partial charge in [0.1, 0.15) is 18.0 Å². The summed E-state index contributed by atoms with van der Waals surface area (Å²) < 4.78 is 29.8. The van der Waals surface area contributed by atoms with Crippen molar-refractivity contribution in [2.24, 2.45) is 11.8 Å². The zero-order valence-electron chi connectivity index (χ0n) is 20.7. The van der Waals surface area contributed by atoms with E-state index in [1.54, 1.807) is 20.5 Å². The molecule has 4 heterocycles. The van der Waals surface area contributed by atoms with E-state index >= 15 is 0 Å². The molecule has 1 aromatic carbocycles. The smallest absolute Gasteiger partial charge is 0.293 e. The highest BCUT2D eigenvalue weighted by Gasteiger charge is 2.70. The number of piperidine rings is 2. The summed E-state index contributed by atoms with van der Waals surface area (Å²) in [5, 5.41) is 13.7. The van der Waals surface area contributed by atoms with Crippen LogP contribution in [0.3, 0.4) is 0 Å². The molecule has 1 aromatic rings. The highest BCUT2D eigenvalue weighted by molar-refractivity contribution is 5.70. The highest BCUT2D eigenvalue weighted by atomic mass is 16.6. The molecule has 0 aromatic heterocycles. The fourth-order valence-corrected chi connectivity index (χ4v) is 7.04. The number of fused-ring (bicyclic) bond motifs is 2. The van der Waals surface area contributed by atoms with Crippen molar-refractivity contribution >= 4 is 12.2 Å². The average molecular weight is 489 g/mol. The van der Waals surface area contributed by atoms with Gasteiger partial charge < -0.3 is 34.1 Å². The molecule has 0 spiro atoms. The molecule has 0 radical (unpaired) electrons. The van der Waals surface area contributed by atoms with Crippen molar-refractivity contribution in [3.05, 3.63) is 35.1 Å². The Kier molecular flexibility index (Phi) is 6.69. The maximum Gasteiger partial charge on any atom is 0.293 e. The number of carbonyl (C=O) groups is 1. The lowest BCUT2D eigenvalue weighted by Gasteiger charge is -2.61. The fraction of sp³-hybridized carbons (Fsp3) is 0.654. The van der Waals surface area contributed by atoms with Crippen LogP contribution >= 0.6 is 0 Å². The molecule has 9 nitrogen and oxygen atoms in total. The Labute approximate surface area is 206 Å². The molecule has 4 aliphatic heterocycles. The lowest BCUT2D eigenvalue weighted by molar-refractivity contribution is -0.297. The van der Waals surface area contributed by atoms with Gasteiger partial charge in [0.2, 0.25) is 0 Å². The summed E-state index contributed by atoms with van der Waals surface area (Å²) in [7, 11) is 3.27. The number of hydrogen-bond acceptors (Lipinski definition) is 9. The van der Waals surface area contributed by atoms with Gasteiger partial charge in [0.25, 0.3) is 6.47 Å². The van der Waals surface area contributed by atoms with Crippen LogP contribution in [0.15, 0.2) is 24.0 Å². The first-order chi connectivity index (χ1) is 17.1. The lowest BCUT2D eigenvalue weighted by atomic mass is 9.67. The molecule has 0 amide bonds. The lowest BCUT2D eigenvalue weighted by Crippen LogP contribution is -2.75. The second-order valence-electron chi connectivity index (χ2n) is 9.83. The number of methoxy groups -OCH3 is 2. The van der Waals surface area contributed by atoms with E-state index in [-0.39, 0.29) is 25.2 Å². The molecule has 192 valence electrons. The minimum Gasteiger partial charge on any atom is -0.504 e. The Morgan fingerprint density at radius 1 is 1.31 bits per heavy atom. The van der Waals surface area contributed by atoms with Gasteiger partial charge in [-0.2, -0.15) is 0 Å². The molecule has 5 rings (SSSR count). The van der Waals surface area contributed by atoms with Gasteiger partial charge in [0.05, 0.1) is 51.9 Å². The van der Waals surface area contributed by atoms with Crippen LogP contribution in [0.4, 0.5) is 5.69 Å². The summed E-state index contributed by atoms with van der Waals surface area (Å²) in [6, 6.07) is 3.90. The van der Waals surface area contributed by atoms with Crippen LogP contribution in [0.5, 0.6) is 5.75 Å². The first kappa shape index (κ1) is 24.4. The average Bonchev–Trinajstić information content (AvgIpc) is 3.21. The number of rotatable bonds is 8. The molecule has 9 heteroatoms. The van der Waals surface area contributed by atoms with Crippen LogP contribution in [0.1, 0.15) is 37.3 Å². The van der Waals surface area contributed by atoms with Crippen LogP contribution in [0.25, 0.3) is 0 Å². The molecular weight excluding hydrogens is 452 g/mol. The van der Waals surface area contributed by atoms with Crippen LogP contribution in [0.2, 0.25) is 0 Å². The predicted octanol–water partition coefficient (Wildman–Crippen LogP) is 2.38. The van der Waals surface area contributed by atoms with E-state index in [2.05, 4.69) is 17.1 Å². The third-order valence-corrected chi connectivity index (χ3v) is 8.46. The summed E-state index contributed by atoms with van der Waals surface area (Å²) in [6.45, 7) is 5.54. The standard InChI is InChI=1S/C26H36N2O7/c1-4-17-12-28-8-7-25-23-21(6-5-18(13-29)24(23)32-3)27-26(25,35-10-9-34-25)22(28)11-20(17)19(14-31-2)15-33-16-30/h5-6,14,16-17,20,22,27,29H,4,7-13,15H2,1-3H3/b19-14-/t17-,20+,22+,25+,26+/m1/s1. The van der Waals surface area contributed by atoms with Gasteiger partial charge in [-0.15, -0.1) is 0 Å². The number of anilines is 1. The van der Waals surface area contributed by atoms with Crippen LogP contribution in [0, 0.1) is 11.8 Å². The first-order valence-electron chi connectivity index (χ1n) is 12.5. The van der Waals surface area contributed by atoms with E-state index in [9.17, 15) is 9.90 Å². The maximum absolute atomic E-state index is 11.0. The van der Waals surface area contributed by atoms with Crippen molar-refractivity contribution in [3.63, 3.8) is 0 Å². The molecule has 5 atom stereocenters. The number of carbonyl (C=O) groups excluding carboxylic acids is 1. The zero-order valence-corrected chi connectivity index (χ0v) is 20.7. The number of benzene rings is 1. The van der Waals surface area contributed by atoms with Crippen molar-refractivity contribution in [2.45, 2.75) is 50.2 Å². The largest absolute Gasteiger partial charge is 0.504 e. The molecule has 3 saturated heterocycles. The Balaban J connectivity index is 1.59. The molecular formula is C26H36N2O7. The number of aliphatic hydroxyl groups is 1. The van der Waals surface area contributed by atoms with Crippen molar-refractivity contribution in [1.29, 1.82) is 0 Å². The summed E-state index contributed by atoms with van der Waals surface area (Å²) >= 11 is 0. The minimum absolute atomic E-state index is 0.00974. The van der Waals surface area contributed by atoms with Gasteiger partial charge in [-0.25, -0.2) is 0 Å². The van der Waals surface area contributed by atoms with E-state index < -0.39 is 11.3 Å². The molecule has 4 aliphatic rings. The SMILES string of the molecule is CC[C@@H]1CN2CC[C@@]34OCCO[C@@]3(Nc3ccc(CO)c(OC)c34)[C@@H]2C[C@@H]1/C(=C\OC)COC=O. The highest BCUT2D eigenvalue weighted by Crippen LogP contribution is 2.62. The number of hydrogen-bond donors (Lipinski definition) is 2. The van der Waals surface area contributed by atoms with Gasteiger partial charge in [-0.1, -0.05) is 19.4 Å². The third-order valence-electron chi connectivity index (χ3n) is 8.46. The molecule has 35 heavy (non-hydrogen) atoms. The van der Waals surface area contributed by atoms with E-state index in [1.165, 1.54) is 0 Å². The zero-order chi connectivity index (χ0) is 24.6. The van der Waals surface area contributed by atoms with E-state index in [4.69, 9.17) is 23.7 Å². The summed E-state index contributed by atoms with van der Waals surface area (Å²) in [4.78, 5) is 13.5. The number of aliphatic hydroxyl groups excluding tert-OH is 1. The molecule has 0 saturated carbocycles. The Hall–Kier alpha value is -2.33. The van der Waals surface area contributed by atoms with Gasteiger partial charge in [0, 0.05) is 29.9 Å². The van der Waals surface area contributed by atoms with Crippen molar-refractivity contribution in [1.82, 2.24) is 4.90 Å². The number of nitrogens with zero attached hydrogens (tertiary/aromatic N) is 1. The Morgan fingerprint density at radius 3 is 2.86 bits per heavy atom. The Bertz CT molecular complexity index is 985. The first-order valence-corrected chi connectivity index (χ1v) is 12.5. The van der Waals surface area contributed by atoms with Gasteiger partial charge in [-0.05, 0) is 30.7 Å². The monoisotopic (exact) mass is 488 g/mol. The fourth-order valence-electron chi connectivity index (χ4n) is 7.04. The van der Waals surface area contributed by atoms with Gasteiger partial charge in [0.15, 0.2) is 5.72 Å². The topological polar surface area (TPSA) is 98.7 Å². The second kappa shape index (κ2) is 9.61. The molecule has 3 fully saturated rings. The molecule has 0 bridgehead atoms. The van der Waals surface area contributed by atoms with Crippen LogP contribution < -0.4 is 10.1 Å². The maximum atomic E-state index is 11.0. The summed E-state index contributed by atoms with van der Waals surface area (Å²) in [6.07, 6.45) is 4.29. The van der Waals surface area contributed by atoms with E-state index in [1.807, 2.05) is 12.1 Å². The van der Waals surface area contributed by atoms with Crippen LogP contribution in [-0.2, 0) is 35.9 Å². The second-order valence-corrected chi connectivity index (χ2v) is 9.83. The Morgan fingerprint density at radius 2 is 2.14 bits per heavy atom.